The number of nitrogens with zero attached hydrogens (tertiary/aromatic N) is 1. The second-order valence-electron chi connectivity index (χ2n) is 6.74. The Morgan fingerprint density at radius 3 is 2.14 bits per heavy atom. The van der Waals surface area contributed by atoms with Crippen LogP contribution in [0, 0.1) is 11.3 Å². The maximum absolute atomic E-state index is 12.5. The number of carboxylic acids is 1. The number of piperidine rings is 1. The Kier molecular flexibility index (Phi) is 4.69. The number of amides is 2. The van der Waals surface area contributed by atoms with E-state index in [1.54, 1.807) is 6.92 Å². The van der Waals surface area contributed by atoms with Crippen molar-refractivity contribution < 1.29 is 19.5 Å². The van der Waals surface area contributed by atoms with Crippen molar-refractivity contribution in [2.75, 3.05) is 0 Å². The van der Waals surface area contributed by atoms with Crippen molar-refractivity contribution in [3.8, 4) is 0 Å². The Labute approximate surface area is 125 Å². The molecule has 118 valence electrons. The summed E-state index contributed by atoms with van der Waals surface area (Å²) >= 11 is 0. The fraction of sp³-hybridized carbons (Fsp3) is 0.812. The Morgan fingerprint density at radius 1 is 1.19 bits per heavy atom. The van der Waals surface area contributed by atoms with Crippen LogP contribution >= 0.6 is 0 Å². The molecule has 2 atom stereocenters. The molecule has 0 radical (unpaired) electrons. The van der Waals surface area contributed by atoms with Crippen LogP contribution in [0.2, 0.25) is 0 Å². The van der Waals surface area contributed by atoms with Gasteiger partial charge in [0.2, 0.25) is 11.8 Å². The highest BCUT2D eigenvalue weighted by molar-refractivity contribution is 6.02. The van der Waals surface area contributed by atoms with Crippen LogP contribution in [0.15, 0.2) is 0 Å². The fourth-order valence-electron chi connectivity index (χ4n) is 3.81. The number of rotatable bonds is 4. The van der Waals surface area contributed by atoms with Crippen molar-refractivity contribution in [2.45, 2.75) is 71.3 Å². The summed E-state index contributed by atoms with van der Waals surface area (Å²) in [6, 6.07) is -1.02. The first-order chi connectivity index (χ1) is 9.90. The molecule has 0 aromatic rings. The Balaban J connectivity index is 2.21. The summed E-state index contributed by atoms with van der Waals surface area (Å²) in [7, 11) is 0. The van der Waals surface area contributed by atoms with Crippen LogP contribution < -0.4 is 0 Å². The maximum Gasteiger partial charge on any atom is 0.327 e. The number of hydrogen-bond acceptors (Lipinski definition) is 3. The molecule has 2 aliphatic rings. The Bertz CT molecular complexity index is 420. The van der Waals surface area contributed by atoms with Crippen LogP contribution in [0.3, 0.4) is 0 Å². The van der Waals surface area contributed by atoms with E-state index < -0.39 is 12.0 Å². The molecule has 1 saturated heterocycles. The second-order valence-corrected chi connectivity index (χ2v) is 6.74. The highest BCUT2D eigenvalue weighted by Crippen LogP contribution is 2.46. The summed E-state index contributed by atoms with van der Waals surface area (Å²) in [5.41, 5.74) is -0.193. The first-order valence-electron chi connectivity index (χ1n) is 7.98. The van der Waals surface area contributed by atoms with E-state index >= 15 is 0 Å². The number of imide groups is 1. The van der Waals surface area contributed by atoms with E-state index in [1.165, 1.54) is 6.42 Å². The molecule has 1 saturated carbocycles. The Hall–Kier alpha value is -1.39. The number of carboxylic acid groups (broad SMARTS) is 1. The minimum atomic E-state index is -1.08. The standard InChI is InChI=1S/C16H25NO4/c1-3-11(2)14(15(20)21)17-12(18)9-16(10-13(17)19)7-5-4-6-8-16/h11,14H,3-10H2,1-2H3,(H,20,21). The van der Waals surface area contributed by atoms with Gasteiger partial charge in [-0.15, -0.1) is 0 Å². The van der Waals surface area contributed by atoms with Crippen LogP contribution in [0.4, 0.5) is 0 Å². The van der Waals surface area contributed by atoms with Gasteiger partial charge in [-0.1, -0.05) is 39.5 Å². The summed E-state index contributed by atoms with van der Waals surface area (Å²) in [4.78, 5) is 37.5. The van der Waals surface area contributed by atoms with E-state index in [0.29, 0.717) is 19.3 Å². The van der Waals surface area contributed by atoms with Gasteiger partial charge in [0.25, 0.3) is 0 Å². The highest BCUT2D eigenvalue weighted by atomic mass is 16.4. The molecule has 1 N–H and O–H groups in total. The van der Waals surface area contributed by atoms with Crippen molar-refractivity contribution in [2.24, 2.45) is 11.3 Å². The van der Waals surface area contributed by atoms with Gasteiger partial charge in [-0.25, -0.2) is 4.79 Å². The summed E-state index contributed by atoms with van der Waals surface area (Å²) < 4.78 is 0. The largest absolute Gasteiger partial charge is 0.480 e. The predicted molar refractivity (Wildman–Crippen MR) is 77.5 cm³/mol. The molecule has 1 heterocycles. The molecular weight excluding hydrogens is 270 g/mol. The van der Waals surface area contributed by atoms with Crippen LogP contribution in [0.25, 0.3) is 0 Å². The number of carbonyl (C=O) groups is 3. The van der Waals surface area contributed by atoms with Gasteiger partial charge in [0.1, 0.15) is 6.04 Å². The summed E-state index contributed by atoms with van der Waals surface area (Å²) in [5, 5.41) is 9.42. The van der Waals surface area contributed by atoms with E-state index in [4.69, 9.17) is 0 Å². The molecule has 0 aromatic carbocycles. The maximum atomic E-state index is 12.5. The van der Waals surface area contributed by atoms with Crippen molar-refractivity contribution in [1.29, 1.82) is 0 Å². The summed E-state index contributed by atoms with van der Waals surface area (Å²) in [6.07, 6.45) is 6.41. The molecule has 1 spiro atoms. The lowest BCUT2D eigenvalue weighted by Crippen LogP contribution is -2.57. The molecule has 2 unspecified atom stereocenters. The number of likely N-dealkylation sites (tertiary alicyclic amines) is 1. The highest BCUT2D eigenvalue weighted by Gasteiger charge is 2.48. The first kappa shape index (κ1) is 16.0. The lowest BCUT2D eigenvalue weighted by molar-refractivity contribution is -0.167. The second kappa shape index (κ2) is 6.16. The summed E-state index contributed by atoms with van der Waals surface area (Å²) in [6.45, 7) is 3.66. The van der Waals surface area contributed by atoms with Gasteiger partial charge in [-0.05, 0) is 24.2 Å². The van der Waals surface area contributed by atoms with Crippen LogP contribution in [-0.4, -0.2) is 33.8 Å². The van der Waals surface area contributed by atoms with Gasteiger partial charge in [0, 0.05) is 12.8 Å². The molecule has 21 heavy (non-hydrogen) atoms. The quantitative estimate of drug-likeness (QED) is 0.809. The van der Waals surface area contributed by atoms with Crippen molar-refractivity contribution in [3.63, 3.8) is 0 Å². The van der Waals surface area contributed by atoms with Crippen LogP contribution in [-0.2, 0) is 14.4 Å². The van der Waals surface area contributed by atoms with E-state index in [2.05, 4.69) is 0 Å². The average Bonchev–Trinajstić information content (AvgIpc) is 2.42. The van der Waals surface area contributed by atoms with E-state index in [-0.39, 0.29) is 23.1 Å². The monoisotopic (exact) mass is 295 g/mol. The summed E-state index contributed by atoms with van der Waals surface area (Å²) in [5.74, 6) is -1.89. The van der Waals surface area contributed by atoms with Crippen LogP contribution in [0.5, 0.6) is 0 Å². The van der Waals surface area contributed by atoms with Crippen LogP contribution in [0.1, 0.15) is 65.2 Å². The molecule has 2 rings (SSSR count). The average molecular weight is 295 g/mol. The molecule has 1 aliphatic heterocycles. The van der Waals surface area contributed by atoms with Gasteiger partial charge in [0.15, 0.2) is 0 Å². The number of hydrogen-bond donors (Lipinski definition) is 1. The molecule has 1 aliphatic carbocycles. The van der Waals surface area contributed by atoms with E-state index in [1.807, 2.05) is 6.92 Å². The smallest absolute Gasteiger partial charge is 0.327 e. The number of aliphatic carboxylic acids is 1. The van der Waals surface area contributed by atoms with Gasteiger partial charge in [0.05, 0.1) is 0 Å². The lowest BCUT2D eigenvalue weighted by atomic mass is 9.67. The van der Waals surface area contributed by atoms with Gasteiger partial charge >= 0.3 is 5.97 Å². The number of carbonyl (C=O) groups excluding carboxylic acids is 2. The third kappa shape index (κ3) is 3.11. The molecule has 2 fully saturated rings. The zero-order chi connectivity index (χ0) is 15.6. The predicted octanol–water partition coefficient (Wildman–Crippen LogP) is 2.59. The Morgan fingerprint density at radius 2 is 1.71 bits per heavy atom. The molecule has 2 amide bonds. The topological polar surface area (TPSA) is 74.7 Å². The minimum Gasteiger partial charge on any atom is -0.480 e. The van der Waals surface area contributed by atoms with E-state index in [0.717, 1.165) is 30.6 Å². The SMILES string of the molecule is CCC(C)C(C(=O)O)N1C(=O)CC2(CCCCC2)CC1=O. The normalized spacial score (nSPS) is 25.0. The molecule has 0 aromatic heterocycles. The third-order valence-electron chi connectivity index (χ3n) is 5.22. The zero-order valence-corrected chi connectivity index (χ0v) is 12.9. The van der Waals surface area contributed by atoms with Crippen molar-refractivity contribution in [3.05, 3.63) is 0 Å². The van der Waals surface area contributed by atoms with Crippen molar-refractivity contribution >= 4 is 17.8 Å². The molecule has 5 nitrogen and oxygen atoms in total. The molecular formula is C16H25NO4. The third-order valence-corrected chi connectivity index (χ3v) is 5.22. The molecule has 0 bridgehead atoms. The zero-order valence-electron chi connectivity index (χ0n) is 12.9. The van der Waals surface area contributed by atoms with E-state index in [9.17, 15) is 19.5 Å². The minimum absolute atomic E-state index is 0.193. The van der Waals surface area contributed by atoms with Gasteiger partial charge in [-0.2, -0.15) is 0 Å². The molecule has 5 heteroatoms. The fourth-order valence-corrected chi connectivity index (χ4v) is 3.81. The van der Waals surface area contributed by atoms with Gasteiger partial charge < -0.3 is 5.11 Å². The van der Waals surface area contributed by atoms with Gasteiger partial charge in [-0.3, -0.25) is 14.5 Å². The first-order valence-corrected chi connectivity index (χ1v) is 7.98. The lowest BCUT2D eigenvalue weighted by Gasteiger charge is -2.44. The van der Waals surface area contributed by atoms with Crippen molar-refractivity contribution in [1.82, 2.24) is 4.90 Å².